The number of anilines is 1. The van der Waals surface area contributed by atoms with Gasteiger partial charge in [0, 0.05) is 16.7 Å². The van der Waals surface area contributed by atoms with Crippen LogP contribution in [0.25, 0.3) is 0 Å². The Bertz CT molecular complexity index is 808. The number of pyridine rings is 1. The Balaban J connectivity index is 2.52. The highest BCUT2D eigenvalue weighted by molar-refractivity contribution is 9.10. The van der Waals surface area contributed by atoms with Gasteiger partial charge in [0.25, 0.3) is 15.7 Å². The van der Waals surface area contributed by atoms with Crippen molar-refractivity contribution in [3.05, 3.63) is 56.8 Å². The van der Waals surface area contributed by atoms with E-state index in [-0.39, 0.29) is 5.69 Å². The molecule has 7 nitrogen and oxygen atoms in total. The predicted octanol–water partition coefficient (Wildman–Crippen LogP) is 2.86. The number of benzene rings is 1. The van der Waals surface area contributed by atoms with Gasteiger partial charge in [-0.3, -0.25) is 19.8 Å². The summed E-state index contributed by atoms with van der Waals surface area (Å²) in [5.74, 6) is 0. The highest BCUT2D eigenvalue weighted by atomic mass is 79.9. The molecule has 2 aromatic rings. The summed E-state index contributed by atoms with van der Waals surface area (Å²) in [6.45, 7) is 1.70. The van der Waals surface area contributed by atoms with Crippen molar-refractivity contribution in [2.45, 2.75) is 11.8 Å². The zero-order chi connectivity index (χ0) is 15.6. The van der Waals surface area contributed by atoms with Crippen molar-refractivity contribution >= 4 is 37.3 Å². The smallest absolute Gasteiger partial charge is 0.278 e. The second-order valence-electron chi connectivity index (χ2n) is 4.17. The van der Waals surface area contributed by atoms with Gasteiger partial charge >= 0.3 is 0 Å². The molecule has 0 aliphatic carbocycles. The Morgan fingerprint density at radius 1 is 1.33 bits per heavy atom. The molecule has 0 radical (unpaired) electrons. The fourth-order valence-corrected chi connectivity index (χ4v) is 3.45. The largest absolute Gasteiger partial charge is 0.289 e. The Hall–Kier alpha value is -2.00. The number of sulfonamides is 1. The van der Waals surface area contributed by atoms with Crippen molar-refractivity contribution in [3.63, 3.8) is 0 Å². The van der Waals surface area contributed by atoms with E-state index in [2.05, 4.69) is 25.6 Å². The van der Waals surface area contributed by atoms with Gasteiger partial charge in [0.05, 0.1) is 16.8 Å². The number of aryl methyl sites for hydroxylation is 1. The third-order valence-corrected chi connectivity index (χ3v) is 4.58. The first-order chi connectivity index (χ1) is 9.81. The van der Waals surface area contributed by atoms with Crippen LogP contribution < -0.4 is 4.72 Å². The lowest BCUT2D eigenvalue weighted by atomic mass is 10.3. The second kappa shape index (κ2) is 5.78. The number of nitrogens with one attached hydrogen (secondary N) is 1. The molecule has 21 heavy (non-hydrogen) atoms. The molecule has 0 aliphatic heterocycles. The zero-order valence-corrected chi connectivity index (χ0v) is 13.2. The van der Waals surface area contributed by atoms with E-state index in [1.54, 1.807) is 13.0 Å². The minimum Gasteiger partial charge on any atom is -0.278 e. The first kappa shape index (κ1) is 15.4. The number of hydrogen-bond donors (Lipinski definition) is 1. The summed E-state index contributed by atoms with van der Waals surface area (Å²) in [5.41, 5.74) is 0.435. The average molecular weight is 372 g/mol. The first-order valence-electron chi connectivity index (χ1n) is 5.68. The van der Waals surface area contributed by atoms with Gasteiger partial charge in [0.15, 0.2) is 4.90 Å². The van der Waals surface area contributed by atoms with Gasteiger partial charge in [-0.15, -0.1) is 0 Å². The maximum atomic E-state index is 12.4. The van der Waals surface area contributed by atoms with Gasteiger partial charge < -0.3 is 0 Å². The van der Waals surface area contributed by atoms with Crippen LogP contribution in [0, 0.1) is 17.0 Å². The maximum absolute atomic E-state index is 12.4. The average Bonchev–Trinajstić information content (AvgIpc) is 2.41. The highest BCUT2D eigenvalue weighted by Gasteiger charge is 2.26. The van der Waals surface area contributed by atoms with Crippen LogP contribution in [-0.2, 0) is 10.0 Å². The standard InChI is InChI=1S/C12H10BrN3O4S/c1-8-4-5-14-7-10(8)15-21(19,20)12-6-9(13)2-3-11(12)16(17)18/h2-7,15H,1H3. The van der Waals surface area contributed by atoms with E-state index in [1.807, 2.05) is 0 Å². The van der Waals surface area contributed by atoms with Crippen LogP contribution in [-0.4, -0.2) is 18.3 Å². The van der Waals surface area contributed by atoms with E-state index < -0.39 is 25.5 Å². The molecule has 1 aromatic carbocycles. The number of nitro groups is 1. The minimum absolute atomic E-state index is 0.270. The molecule has 0 spiro atoms. The molecule has 1 N–H and O–H groups in total. The fraction of sp³-hybridized carbons (Fsp3) is 0.0833. The normalized spacial score (nSPS) is 11.1. The first-order valence-corrected chi connectivity index (χ1v) is 7.96. The molecule has 110 valence electrons. The molecule has 0 saturated carbocycles. The molecular formula is C12H10BrN3O4S. The van der Waals surface area contributed by atoms with Crippen LogP contribution in [0.2, 0.25) is 0 Å². The molecule has 0 amide bonds. The summed E-state index contributed by atoms with van der Waals surface area (Å²) in [5, 5.41) is 11.0. The number of halogens is 1. The molecule has 0 aliphatic rings. The summed E-state index contributed by atoms with van der Waals surface area (Å²) in [6, 6.07) is 5.36. The Morgan fingerprint density at radius 3 is 2.67 bits per heavy atom. The molecule has 0 bridgehead atoms. The van der Waals surface area contributed by atoms with Crippen LogP contribution in [0.4, 0.5) is 11.4 Å². The Kier molecular flexibility index (Phi) is 4.24. The second-order valence-corrected chi connectivity index (χ2v) is 6.73. The summed E-state index contributed by atoms with van der Waals surface area (Å²) < 4.78 is 27.5. The number of hydrogen-bond acceptors (Lipinski definition) is 5. The molecule has 1 heterocycles. The zero-order valence-electron chi connectivity index (χ0n) is 10.8. The quantitative estimate of drug-likeness (QED) is 0.657. The molecule has 1 aromatic heterocycles. The van der Waals surface area contributed by atoms with Crippen LogP contribution >= 0.6 is 15.9 Å². The number of aromatic nitrogens is 1. The van der Waals surface area contributed by atoms with E-state index in [1.165, 1.54) is 24.5 Å². The van der Waals surface area contributed by atoms with Crippen LogP contribution in [0.15, 0.2) is 46.0 Å². The van der Waals surface area contributed by atoms with E-state index >= 15 is 0 Å². The van der Waals surface area contributed by atoms with Crippen molar-refractivity contribution in [2.24, 2.45) is 0 Å². The van der Waals surface area contributed by atoms with E-state index in [4.69, 9.17) is 0 Å². The topological polar surface area (TPSA) is 102 Å². The lowest BCUT2D eigenvalue weighted by Crippen LogP contribution is -2.15. The summed E-state index contributed by atoms with van der Waals surface area (Å²) >= 11 is 3.11. The number of nitrogens with zero attached hydrogens (tertiary/aromatic N) is 2. The predicted molar refractivity (Wildman–Crippen MR) is 80.6 cm³/mol. The highest BCUT2D eigenvalue weighted by Crippen LogP contribution is 2.29. The minimum atomic E-state index is -4.10. The number of rotatable bonds is 4. The van der Waals surface area contributed by atoms with Gasteiger partial charge in [-0.25, -0.2) is 8.42 Å². The third kappa shape index (κ3) is 3.37. The maximum Gasteiger partial charge on any atom is 0.289 e. The number of nitro benzene ring substituents is 1. The van der Waals surface area contributed by atoms with Crippen LogP contribution in [0.1, 0.15) is 5.56 Å². The monoisotopic (exact) mass is 371 g/mol. The van der Waals surface area contributed by atoms with Crippen LogP contribution in [0.5, 0.6) is 0 Å². The molecule has 0 fully saturated rings. The van der Waals surface area contributed by atoms with Crippen molar-refractivity contribution < 1.29 is 13.3 Å². The van der Waals surface area contributed by atoms with Gasteiger partial charge in [-0.05, 0) is 30.7 Å². The van der Waals surface area contributed by atoms with Crippen molar-refractivity contribution in [2.75, 3.05) is 4.72 Å². The summed E-state index contributed by atoms with van der Waals surface area (Å²) in [6.07, 6.45) is 2.87. The van der Waals surface area contributed by atoms with Gasteiger partial charge in [0.1, 0.15) is 0 Å². The molecule has 0 unspecified atom stereocenters. The van der Waals surface area contributed by atoms with E-state index in [9.17, 15) is 18.5 Å². The molecule has 0 saturated heterocycles. The lowest BCUT2D eigenvalue weighted by Gasteiger charge is -2.10. The van der Waals surface area contributed by atoms with Gasteiger partial charge in [-0.1, -0.05) is 15.9 Å². The SMILES string of the molecule is Cc1ccncc1NS(=O)(=O)c1cc(Br)ccc1[N+](=O)[O-]. The molecule has 2 rings (SSSR count). The van der Waals surface area contributed by atoms with E-state index in [0.717, 1.165) is 6.07 Å². The van der Waals surface area contributed by atoms with Gasteiger partial charge in [0.2, 0.25) is 0 Å². The Labute approximate surface area is 129 Å². The molecule has 9 heteroatoms. The van der Waals surface area contributed by atoms with Crippen LogP contribution in [0.3, 0.4) is 0 Å². The van der Waals surface area contributed by atoms with Crippen molar-refractivity contribution in [1.29, 1.82) is 0 Å². The molecule has 0 atom stereocenters. The summed E-state index contributed by atoms with van der Waals surface area (Å²) in [4.78, 5) is 13.7. The summed E-state index contributed by atoms with van der Waals surface area (Å²) in [7, 11) is -4.10. The van der Waals surface area contributed by atoms with Gasteiger partial charge in [-0.2, -0.15) is 0 Å². The lowest BCUT2D eigenvalue weighted by molar-refractivity contribution is -0.387. The van der Waals surface area contributed by atoms with E-state index in [0.29, 0.717) is 10.0 Å². The fourth-order valence-electron chi connectivity index (χ4n) is 1.62. The molecular weight excluding hydrogens is 362 g/mol. The van der Waals surface area contributed by atoms with Crippen molar-refractivity contribution in [3.8, 4) is 0 Å². The van der Waals surface area contributed by atoms with Crippen molar-refractivity contribution in [1.82, 2.24) is 4.98 Å². The third-order valence-electron chi connectivity index (χ3n) is 2.69. The Morgan fingerprint density at radius 2 is 2.05 bits per heavy atom.